The van der Waals surface area contributed by atoms with Crippen molar-refractivity contribution in [2.24, 2.45) is 0 Å². The molecule has 0 heterocycles. The Morgan fingerprint density at radius 3 is 2.64 bits per heavy atom. The van der Waals surface area contributed by atoms with Crippen LogP contribution in [0.3, 0.4) is 0 Å². The van der Waals surface area contributed by atoms with E-state index in [1.54, 1.807) is 31.1 Å². The molecule has 0 spiro atoms. The third kappa shape index (κ3) is 1.89. The van der Waals surface area contributed by atoms with Crippen molar-refractivity contribution in [1.82, 2.24) is 4.90 Å². The van der Waals surface area contributed by atoms with Crippen LogP contribution in [-0.2, 0) is 4.79 Å². The van der Waals surface area contributed by atoms with Gasteiger partial charge in [-0.05, 0) is 6.08 Å². The van der Waals surface area contributed by atoms with Crippen LogP contribution in [0.15, 0.2) is 23.4 Å². The normalized spacial score (nSPS) is 15.4. The highest BCUT2D eigenvalue weighted by Gasteiger charge is 2.23. The zero-order chi connectivity index (χ0) is 10.7. The monoisotopic (exact) mass is 193 g/mol. The number of carboxylic acid groups (broad SMARTS) is 1. The molecule has 0 aromatic heterocycles. The average Bonchev–Trinajstić information content (AvgIpc) is 2.16. The highest BCUT2D eigenvalue weighted by Crippen LogP contribution is 2.18. The van der Waals surface area contributed by atoms with Gasteiger partial charge in [-0.3, -0.25) is 0 Å². The number of hydrogen-bond acceptors (Lipinski definition) is 2. The first-order chi connectivity index (χ1) is 6.56. The summed E-state index contributed by atoms with van der Waals surface area (Å²) in [6.45, 7) is 0. The Kier molecular flexibility index (Phi) is 2.84. The fourth-order valence-corrected chi connectivity index (χ4v) is 1.28. The number of carbonyl (C=O) groups is 1. The average molecular weight is 193 g/mol. The van der Waals surface area contributed by atoms with Crippen LogP contribution in [0.5, 0.6) is 0 Å². The minimum Gasteiger partial charge on any atom is -0.478 e. The number of likely N-dealkylation sites (N-methyl/N-ethyl adjacent to an activating group) is 1. The van der Waals surface area contributed by atoms with E-state index >= 15 is 0 Å². The van der Waals surface area contributed by atoms with E-state index in [2.05, 4.69) is 4.79 Å². The van der Waals surface area contributed by atoms with Gasteiger partial charge < -0.3 is 15.5 Å². The maximum Gasteiger partial charge on any atom is 0.334 e. The summed E-state index contributed by atoms with van der Waals surface area (Å²) in [7, 11) is 3.54. The van der Waals surface area contributed by atoms with Crippen LogP contribution < -0.4 is 0 Å². The third-order valence-corrected chi connectivity index (χ3v) is 1.97. The lowest BCUT2D eigenvalue weighted by Crippen LogP contribution is -2.21. The first kappa shape index (κ1) is 10.2. The van der Waals surface area contributed by atoms with E-state index in [4.69, 9.17) is 10.6 Å². The second-order valence-electron chi connectivity index (χ2n) is 3.16. The molecule has 5 nitrogen and oxygen atoms in total. The fraction of sp³-hybridized carbons (Fsp3) is 0.333. The topological polar surface area (TPSA) is 76.9 Å². The van der Waals surface area contributed by atoms with E-state index in [1.165, 1.54) is 0 Å². The highest BCUT2D eigenvalue weighted by molar-refractivity contribution is 6.02. The summed E-state index contributed by atoms with van der Waals surface area (Å²) in [4.78, 5) is 15.6. The van der Waals surface area contributed by atoms with Gasteiger partial charge in [0.15, 0.2) is 0 Å². The molecule has 0 saturated heterocycles. The van der Waals surface area contributed by atoms with Gasteiger partial charge in [-0.2, -0.15) is 4.79 Å². The number of nitrogens with zero attached hydrogens (tertiary/aromatic N) is 3. The van der Waals surface area contributed by atoms with Crippen LogP contribution >= 0.6 is 0 Å². The molecule has 5 heteroatoms. The van der Waals surface area contributed by atoms with Crippen molar-refractivity contribution in [2.45, 2.75) is 6.42 Å². The Hall–Kier alpha value is -1.87. The van der Waals surface area contributed by atoms with Gasteiger partial charge in [0.1, 0.15) is 0 Å². The van der Waals surface area contributed by atoms with Gasteiger partial charge in [-0.25, -0.2) is 4.79 Å². The van der Waals surface area contributed by atoms with Crippen molar-refractivity contribution in [3.63, 3.8) is 0 Å². The molecule has 0 amide bonds. The molecule has 1 aliphatic rings. The first-order valence-electron chi connectivity index (χ1n) is 4.09. The van der Waals surface area contributed by atoms with Crippen LogP contribution in [0.4, 0.5) is 0 Å². The van der Waals surface area contributed by atoms with Gasteiger partial charge in [0.05, 0.1) is 12.0 Å². The number of carboxylic acids is 1. The quantitative estimate of drug-likeness (QED) is 0.513. The standard InChI is InChI=1S/C9H11N3O2/c1-12(2)8-4-3-6(11-10)5-7(8)9(13)14/h3-4H,5H2,1-2H3,(H,13,14). The fourth-order valence-electron chi connectivity index (χ4n) is 1.28. The molecule has 0 fully saturated rings. The predicted molar refractivity (Wildman–Crippen MR) is 50.7 cm³/mol. The smallest absolute Gasteiger partial charge is 0.334 e. The van der Waals surface area contributed by atoms with Crippen LogP contribution in [0.1, 0.15) is 6.42 Å². The highest BCUT2D eigenvalue weighted by atomic mass is 16.4. The summed E-state index contributed by atoms with van der Waals surface area (Å²) in [6, 6.07) is 0. The SMILES string of the molecule is CN(C)C1=C(C(=O)O)CC(=[N+]=[N-])C=C1. The number of allylic oxidation sites excluding steroid dienone is 2. The van der Waals surface area contributed by atoms with Crippen molar-refractivity contribution in [3.8, 4) is 0 Å². The van der Waals surface area contributed by atoms with Gasteiger partial charge in [0.25, 0.3) is 5.71 Å². The van der Waals surface area contributed by atoms with Crippen molar-refractivity contribution in [3.05, 3.63) is 29.0 Å². The molecule has 74 valence electrons. The Bertz CT molecular complexity index is 374. The first-order valence-corrected chi connectivity index (χ1v) is 4.09. The van der Waals surface area contributed by atoms with Crippen molar-refractivity contribution in [2.75, 3.05) is 14.1 Å². The molecule has 0 aromatic carbocycles. The molecule has 0 unspecified atom stereocenters. The molecular formula is C9H11N3O2. The Morgan fingerprint density at radius 2 is 2.21 bits per heavy atom. The van der Waals surface area contributed by atoms with E-state index in [9.17, 15) is 4.79 Å². The molecule has 0 bridgehead atoms. The zero-order valence-electron chi connectivity index (χ0n) is 8.06. The van der Waals surface area contributed by atoms with Gasteiger partial charge >= 0.3 is 5.97 Å². The second-order valence-corrected chi connectivity index (χ2v) is 3.16. The Morgan fingerprint density at radius 1 is 1.57 bits per heavy atom. The molecule has 1 N–H and O–H groups in total. The Labute approximate surface area is 81.6 Å². The lowest BCUT2D eigenvalue weighted by molar-refractivity contribution is -0.132. The number of aliphatic carboxylic acids is 1. The number of hydrogen-bond donors (Lipinski definition) is 1. The second kappa shape index (κ2) is 3.89. The van der Waals surface area contributed by atoms with Gasteiger partial charge in [0, 0.05) is 25.9 Å². The molecular weight excluding hydrogens is 182 g/mol. The lowest BCUT2D eigenvalue weighted by Gasteiger charge is -2.18. The van der Waals surface area contributed by atoms with E-state index in [1.807, 2.05) is 0 Å². The summed E-state index contributed by atoms with van der Waals surface area (Å²) < 4.78 is 0. The largest absolute Gasteiger partial charge is 0.478 e. The predicted octanol–water partition coefficient (Wildman–Crippen LogP) is 0.517. The molecule has 0 atom stereocenters. The van der Waals surface area contributed by atoms with Crippen molar-refractivity contribution in [1.29, 1.82) is 0 Å². The van der Waals surface area contributed by atoms with E-state index < -0.39 is 5.97 Å². The summed E-state index contributed by atoms with van der Waals surface area (Å²) in [6.07, 6.45) is 3.37. The number of rotatable bonds is 2. The van der Waals surface area contributed by atoms with Crippen LogP contribution in [-0.4, -0.2) is 40.6 Å². The molecule has 14 heavy (non-hydrogen) atoms. The van der Waals surface area contributed by atoms with Gasteiger partial charge in [-0.15, -0.1) is 0 Å². The Balaban J connectivity index is 3.16. The molecule has 0 aliphatic heterocycles. The van der Waals surface area contributed by atoms with Crippen molar-refractivity contribution < 1.29 is 14.7 Å². The molecule has 0 saturated carbocycles. The minimum absolute atomic E-state index is 0.149. The molecule has 0 radical (unpaired) electrons. The summed E-state index contributed by atoms with van der Waals surface area (Å²) >= 11 is 0. The van der Waals surface area contributed by atoms with Crippen LogP contribution in [0, 0.1) is 0 Å². The summed E-state index contributed by atoms with van der Waals surface area (Å²) in [5.74, 6) is -0.987. The van der Waals surface area contributed by atoms with E-state index in [0.717, 1.165) is 0 Å². The van der Waals surface area contributed by atoms with E-state index in [0.29, 0.717) is 11.4 Å². The van der Waals surface area contributed by atoms with Gasteiger partial charge in [0.2, 0.25) is 0 Å². The molecule has 1 rings (SSSR count). The summed E-state index contributed by atoms with van der Waals surface area (Å²) in [5, 5.41) is 8.92. The molecule has 0 aromatic rings. The zero-order valence-corrected chi connectivity index (χ0v) is 8.06. The van der Waals surface area contributed by atoms with Crippen molar-refractivity contribution >= 4 is 11.7 Å². The minimum atomic E-state index is -0.987. The molecule has 1 aliphatic carbocycles. The maximum absolute atomic E-state index is 10.9. The lowest BCUT2D eigenvalue weighted by atomic mass is 10.0. The summed E-state index contributed by atoms with van der Waals surface area (Å²) in [5.41, 5.74) is 9.75. The van der Waals surface area contributed by atoms with Crippen LogP contribution in [0.25, 0.3) is 5.53 Å². The van der Waals surface area contributed by atoms with E-state index in [-0.39, 0.29) is 12.0 Å². The van der Waals surface area contributed by atoms with Crippen LogP contribution in [0.2, 0.25) is 0 Å². The third-order valence-electron chi connectivity index (χ3n) is 1.97. The van der Waals surface area contributed by atoms with Gasteiger partial charge in [-0.1, -0.05) is 0 Å². The maximum atomic E-state index is 10.9.